The van der Waals surface area contributed by atoms with Crippen LogP contribution >= 0.6 is 0 Å². The van der Waals surface area contributed by atoms with Crippen LogP contribution in [0.2, 0.25) is 0 Å². The summed E-state index contributed by atoms with van der Waals surface area (Å²) in [6, 6.07) is 9.30. The fraction of sp³-hybridized carbons (Fsp3) is 0.250. The van der Waals surface area contributed by atoms with Gasteiger partial charge in [0.05, 0.1) is 13.1 Å². The molecule has 1 heterocycles. The SMILES string of the molecule is O=C(OCc1ccccc1)N1CC(O)=C(O)C1. The minimum Gasteiger partial charge on any atom is -0.507 e. The van der Waals surface area contributed by atoms with E-state index in [2.05, 4.69) is 0 Å². The predicted molar refractivity (Wildman–Crippen MR) is 60.5 cm³/mol. The molecule has 5 heteroatoms. The van der Waals surface area contributed by atoms with Crippen LogP contribution in [0.5, 0.6) is 0 Å². The summed E-state index contributed by atoms with van der Waals surface area (Å²) in [5.41, 5.74) is 0.890. The topological polar surface area (TPSA) is 70.0 Å². The minimum atomic E-state index is -0.551. The van der Waals surface area contributed by atoms with E-state index in [1.54, 1.807) is 0 Å². The molecule has 0 radical (unpaired) electrons. The highest BCUT2D eigenvalue weighted by molar-refractivity contribution is 5.69. The van der Waals surface area contributed by atoms with Crippen LogP contribution in [0.3, 0.4) is 0 Å². The lowest BCUT2D eigenvalue weighted by atomic mass is 10.2. The first-order valence-corrected chi connectivity index (χ1v) is 5.22. The minimum absolute atomic E-state index is 0.000539. The lowest BCUT2D eigenvalue weighted by molar-refractivity contribution is 0.102. The first-order chi connectivity index (χ1) is 8.16. The van der Waals surface area contributed by atoms with Crippen molar-refractivity contribution in [2.24, 2.45) is 0 Å². The highest BCUT2D eigenvalue weighted by atomic mass is 16.6. The molecule has 0 aliphatic carbocycles. The molecule has 1 aliphatic heterocycles. The first-order valence-electron chi connectivity index (χ1n) is 5.22. The number of hydrogen-bond acceptors (Lipinski definition) is 4. The summed E-state index contributed by atoms with van der Waals surface area (Å²) in [5, 5.41) is 18.4. The van der Waals surface area contributed by atoms with Crippen LogP contribution < -0.4 is 0 Å². The summed E-state index contributed by atoms with van der Waals surface area (Å²) >= 11 is 0. The van der Waals surface area contributed by atoms with E-state index in [1.165, 1.54) is 4.90 Å². The monoisotopic (exact) mass is 235 g/mol. The lowest BCUT2D eigenvalue weighted by Gasteiger charge is -2.15. The summed E-state index contributed by atoms with van der Waals surface area (Å²) in [5.74, 6) is -0.358. The smallest absolute Gasteiger partial charge is 0.410 e. The Balaban J connectivity index is 1.83. The normalized spacial score (nSPS) is 15.2. The fourth-order valence-corrected chi connectivity index (χ4v) is 1.54. The molecule has 90 valence electrons. The van der Waals surface area contributed by atoms with Crippen LogP contribution in [0.25, 0.3) is 0 Å². The third kappa shape index (κ3) is 2.69. The molecule has 0 fully saturated rings. The summed E-state index contributed by atoms with van der Waals surface area (Å²) in [7, 11) is 0. The van der Waals surface area contributed by atoms with Crippen molar-refractivity contribution in [2.75, 3.05) is 13.1 Å². The molecule has 0 unspecified atom stereocenters. The maximum Gasteiger partial charge on any atom is 0.410 e. The summed E-state index contributed by atoms with van der Waals surface area (Å²) in [4.78, 5) is 12.8. The molecule has 1 aliphatic rings. The molecule has 5 nitrogen and oxygen atoms in total. The van der Waals surface area contributed by atoms with Gasteiger partial charge in [0.2, 0.25) is 0 Å². The number of aliphatic hydroxyl groups is 2. The van der Waals surface area contributed by atoms with Gasteiger partial charge in [0.25, 0.3) is 0 Å². The zero-order chi connectivity index (χ0) is 12.3. The Morgan fingerprint density at radius 2 is 1.76 bits per heavy atom. The number of amides is 1. The van der Waals surface area contributed by atoms with Crippen molar-refractivity contribution < 1.29 is 19.7 Å². The Morgan fingerprint density at radius 3 is 2.35 bits per heavy atom. The standard InChI is InChI=1S/C12H13NO4/c14-10-6-13(7-11(10)15)12(16)17-8-9-4-2-1-3-5-9/h1-5,14-15H,6-8H2. The molecule has 0 atom stereocenters. The molecule has 0 bridgehead atoms. The third-order valence-electron chi connectivity index (χ3n) is 2.48. The number of ether oxygens (including phenoxy) is 1. The van der Waals surface area contributed by atoms with E-state index in [1.807, 2.05) is 30.3 Å². The predicted octanol–water partition coefficient (Wildman–Crippen LogP) is 1.97. The maximum absolute atomic E-state index is 11.6. The largest absolute Gasteiger partial charge is 0.507 e. The zero-order valence-corrected chi connectivity index (χ0v) is 9.17. The van der Waals surface area contributed by atoms with Crippen molar-refractivity contribution in [3.63, 3.8) is 0 Å². The van der Waals surface area contributed by atoms with E-state index in [9.17, 15) is 15.0 Å². The average molecular weight is 235 g/mol. The fourth-order valence-electron chi connectivity index (χ4n) is 1.54. The number of carbonyl (C=O) groups excluding carboxylic acids is 1. The van der Waals surface area contributed by atoms with Crippen molar-refractivity contribution in [2.45, 2.75) is 6.61 Å². The van der Waals surface area contributed by atoms with Crippen LogP contribution in [0.1, 0.15) is 5.56 Å². The van der Waals surface area contributed by atoms with Gasteiger partial charge in [-0.05, 0) is 5.56 Å². The van der Waals surface area contributed by atoms with Crippen molar-refractivity contribution in [3.8, 4) is 0 Å². The van der Waals surface area contributed by atoms with Gasteiger partial charge in [0.1, 0.15) is 6.61 Å². The van der Waals surface area contributed by atoms with Crippen LogP contribution in [0, 0.1) is 0 Å². The highest BCUT2D eigenvalue weighted by Crippen LogP contribution is 2.14. The van der Waals surface area contributed by atoms with E-state index in [0.717, 1.165) is 5.56 Å². The lowest BCUT2D eigenvalue weighted by Crippen LogP contribution is -2.30. The van der Waals surface area contributed by atoms with E-state index < -0.39 is 6.09 Å². The van der Waals surface area contributed by atoms with Gasteiger partial charge in [-0.1, -0.05) is 30.3 Å². The molecule has 17 heavy (non-hydrogen) atoms. The molecular formula is C12H13NO4. The van der Waals surface area contributed by atoms with Crippen LogP contribution in [-0.2, 0) is 11.3 Å². The number of nitrogens with zero attached hydrogens (tertiary/aromatic N) is 1. The Labute approximate surface area is 98.5 Å². The number of hydrogen-bond donors (Lipinski definition) is 2. The van der Waals surface area contributed by atoms with Crippen molar-refractivity contribution in [1.82, 2.24) is 4.90 Å². The van der Waals surface area contributed by atoms with Gasteiger partial charge in [-0.25, -0.2) is 4.79 Å². The second kappa shape index (κ2) is 4.78. The van der Waals surface area contributed by atoms with E-state index >= 15 is 0 Å². The van der Waals surface area contributed by atoms with E-state index in [4.69, 9.17) is 4.74 Å². The Hall–Kier alpha value is -2.17. The summed E-state index contributed by atoms with van der Waals surface area (Å²) < 4.78 is 5.05. The average Bonchev–Trinajstić information content (AvgIpc) is 2.68. The van der Waals surface area contributed by atoms with Crippen LogP contribution in [0.4, 0.5) is 4.79 Å². The Bertz CT molecular complexity index is 427. The van der Waals surface area contributed by atoms with Gasteiger partial charge in [0.15, 0.2) is 11.5 Å². The summed E-state index contributed by atoms with van der Waals surface area (Å²) in [6.07, 6.45) is -0.551. The number of benzene rings is 1. The van der Waals surface area contributed by atoms with E-state index in [-0.39, 0.29) is 31.2 Å². The number of rotatable bonds is 2. The van der Waals surface area contributed by atoms with Gasteiger partial charge in [-0.15, -0.1) is 0 Å². The summed E-state index contributed by atoms with van der Waals surface area (Å²) in [6.45, 7) is 0.177. The van der Waals surface area contributed by atoms with Gasteiger partial charge in [0, 0.05) is 0 Å². The van der Waals surface area contributed by atoms with E-state index in [0.29, 0.717) is 0 Å². The first kappa shape index (κ1) is 11.3. The molecule has 0 saturated heterocycles. The quantitative estimate of drug-likeness (QED) is 0.822. The molecule has 1 aromatic rings. The molecular weight excluding hydrogens is 222 g/mol. The molecule has 2 N–H and O–H groups in total. The molecule has 0 aromatic heterocycles. The van der Waals surface area contributed by atoms with Crippen LogP contribution in [0.15, 0.2) is 41.9 Å². The van der Waals surface area contributed by atoms with Gasteiger partial charge in [-0.3, -0.25) is 4.90 Å². The second-order valence-electron chi connectivity index (χ2n) is 3.79. The molecule has 1 aromatic carbocycles. The molecule has 1 amide bonds. The number of carbonyl (C=O) groups is 1. The Kier molecular flexibility index (Phi) is 3.18. The number of aliphatic hydroxyl groups excluding tert-OH is 2. The van der Waals surface area contributed by atoms with Crippen molar-refractivity contribution in [1.29, 1.82) is 0 Å². The van der Waals surface area contributed by atoms with Gasteiger partial charge in [-0.2, -0.15) is 0 Å². The van der Waals surface area contributed by atoms with Crippen LogP contribution in [-0.4, -0.2) is 34.3 Å². The Morgan fingerprint density at radius 1 is 1.18 bits per heavy atom. The molecule has 2 rings (SSSR count). The maximum atomic E-state index is 11.6. The van der Waals surface area contributed by atoms with Gasteiger partial charge < -0.3 is 14.9 Å². The third-order valence-corrected chi connectivity index (χ3v) is 2.48. The van der Waals surface area contributed by atoms with Crippen molar-refractivity contribution >= 4 is 6.09 Å². The molecule has 0 saturated carbocycles. The van der Waals surface area contributed by atoms with Gasteiger partial charge >= 0.3 is 6.09 Å². The molecule has 0 spiro atoms. The zero-order valence-electron chi connectivity index (χ0n) is 9.17. The highest BCUT2D eigenvalue weighted by Gasteiger charge is 2.26. The van der Waals surface area contributed by atoms with Crippen molar-refractivity contribution in [3.05, 3.63) is 47.4 Å². The second-order valence-corrected chi connectivity index (χ2v) is 3.79.